The average molecular weight is 368 g/mol. The minimum atomic E-state index is -3.73. The highest BCUT2D eigenvalue weighted by Gasteiger charge is 2.21. The van der Waals surface area contributed by atoms with E-state index in [0.717, 1.165) is 18.9 Å². The van der Waals surface area contributed by atoms with Gasteiger partial charge in [-0.15, -0.1) is 0 Å². The van der Waals surface area contributed by atoms with Crippen molar-refractivity contribution in [1.29, 1.82) is 0 Å². The highest BCUT2D eigenvalue weighted by atomic mass is 32.2. The lowest BCUT2D eigenvalue weighted by atomic mass is 10.2. The van der Waals surface area contributed by atoms with E-state index in [1.54, 1.807) is 24.3 Å². The highest BCUT2D eigenvalue weighted by Crippen LogP contribution is 2.12. The van der Waals surface area contributed by atoms with Crippen molar-refractivity contribution in [3.8, 4) is 0 Å². The number of anilines is 1. The largest absolute Gasteiger partial charge is 0.478 e. The lowest BCUT2D eigenvalue weighted by Gasteiger charge is -2.11. The maximum atomic E-state index is 11.9. The molecular formula is C16H20N2O6S. The monoisotopic (exact) mass is 368 g/mol. The second-order valence-electron chi connectivity index (χ2n) is 5.58. The molecule has 0 spiro atoms. The van der Waals surface area contributed by atoms with E-state index in [0.29, 0.717) is 17.9 Å². The Kier molecular flexibility index (Phi) is 6.68. The molecule has 1 aliphatic heterocycles. The van der Waals surface area contributed by atoms with Crippen molar-refractivity contribution in [3.63, 3.8) is 0 Å². The predicted octanol–water partition coefficient (Wildman–Crippen LogP) is 0.821. The Morgan fingerprint density at radius 2 is 2.00 bits per heavy atom. The van der Waals surface area contributed by atoms with Gasteiger partial charge in [0.15, 0.2) is 0 Å². The van der Waals surface area contributed by atoms with Crippen molar-refractivity contribution < 1.29 is 27.9 Å². The van der Waals surface area contributed by atoms with Crippen molar-refractivity contribution in [3.05, 3.63) is 35.9 Å². The zero-order valence-corrected chi connectivity index (χ0v) is 14.3. The number of rotatable bonds is 8. The molecule has 1 amide bonds. The van der Waals surface area contributed by atoms with Crippen LogP contribution in [0.3, 0.4) is 0 Å². The predicted molar refractivity (Wildman–Crippen MR) is 92.5 cm³/mol. The Hall–Kier alpha value is -2.23. The number of carbonyl (C=O) groups is 2. The first-order valence-electron chi connectivity index (χ1n) is 7.74. The second kappa shape index (κ2) is 8.75. The van der Waals surface area contributed by atoms with Gasteiger partial charge in [-0.3, -0.25) is 4.79 Å². The van der Waals surface area contributed by atoms with Crippen LogP contribution in [-0.4, -0.2) is 50.4 Å². The number of aliphatic carboxylic acids is 1. The zero-order valence-electron chi connectivity index (χ0n) is 13.5. The molecule has 1 aromatic rings. The molecule has 3 N–H and O–H groups in total. The number of carboxylic acids is 1. The van der Waals surface area contributed by atoms with E-state index in [1.165, 1.54) is 6.08 Å². The lowest BCUT2D eigenvalue weighted by Crippen LogP contribution is -2.37. The standard InChI is InChI=1S/C16H20N2O6S/c19-15(11-25(22,23)17-10-14-2-1-9-24-14)18-13-6-3-12(4-7-13)5-8-16(20)21/h3-8,14,17H,1-2,9-11H2,(H,18,19)(H,20,21). The number of hydrogen-bond acceptors (Lipinski definition) is 5. The van der Waals surface area contributed by atoms with E-state index in [-0.39, 0.29) is 12.6 Å². The summed E-state index contributed by atoms with van der Waals surface area (Å²) in [6.07, 6.45) is 3.99. The number of ether oxygens (including phenoxy) is 1. The molecule has 1 aliphatic rings. The van der Waals surface area contributed by atoms with Gasteiger partial charge in [-0.25, -0.2) is 17.9 Å². The first-order valence-corrected chi connectivity index (χ1v) is 9.39. The van der Waals surface area contributed by atoms with Crippen molar-refractivity contribution in [2.75, 3.05) is 24.2 Å². The molecule has 1 unspecified atom stereocenters. The molecule has 1 heterocycles. The molecular weight excluding hydrogens is 348 g/mol. The third-order valence-corrected chi connectivity index (χ3v) is 4.74. The smallest absolute Gasteiger partial charge is 0.328 e. The molecule has 0 saturated carbocycles. The summed E-state index contributed by atoms with van der Waals surface area (Å²) in [6.45, 7) is 0.796. The van der Waals surface area contributed by atoms with Gasteiger partial charge in [0.1, 0.15) is 5.75 Å². The van der Waals surface area contributed by atoms with Crippen LogP contribution in [0.25, 0.3) is 6.08 Å². The molecule has 0 bridgehead atoms. The van der Waals surface area contributed by atoms with Crippen LogP contribution in [0.15, 0.2) is 30.3 Å². The van der Waals surface area contributed by atoms with Crippen LogP contribution >= 0.6 is 0 Å². The first-order chi connectivity index (χ1) is 11.8. The minimum Gasteiger partial charge on any atom is -0.478 e. The van der Waals surface area contributed by atoms with Crippen LogP contribution in [0.2, 0.25) is 0 Å². The third-order valence-electron chi connectivity index (χ3n) is 3.49. The van der Waals surface area contributed by atoms with Gasteiger partial charge < -0.3 is 15.2 Å². The van der Waals surface area contributed by atoms with Gasteiger partial charge in [-0.1, -0.05) is 12.1 Å². The number of hydrogen-bond donors (Lipinski definition) is 3. The van der Waals surface area contributed by atoms with E-state index in [4.69, 9.17) is 9.84 Å². The van der Waals surface area contributed by atoms with E-state index in [2.05, 4.69) is 10.0 Å². The summed E-state index contributed by atoms with van der Waals surface area (Å²) < 4.78 is 31.5. The molecule has 2 rings (SSSR count). The number of nitrogens with one attached hydrogen (secondary N) is 2. The van der Waals surface area contributed by atoms with Crippen LogP contribution in [-0.2, 0) is 24.3 Å². The number of sulfonamides is 1. The van der Waals surface area contributed by atoms with Gasteiger partial charge >= 0.3 is 5.97 Å². The van der Waals surface area contributed by atoms with Crippen molar-refractivity contribution in [2.45, 2.75) is 18.9 Å². The Morgan fingerprint density at radius 3 is 2.60 bits per heavy atom. The Bertz CT molecular complexity index is 736. The summed E-state index contributed by atoms with van der Waals surface area (Å²) in [5.74, 6) is -2.40. The van der Waals surface area contributed by atoms with Crippen LogP contribution in [0.4, 0.5) is 5.69 Å². The second-order valence-corrected chi connectivity index (χ2v) is 7.39. The van der Waals surface area contributed by atoms with E-state index < -0.39 is 27.7 Å². The number of carbonyl (C=O) groups excluding carboxylic acids is 1. The van der Waals surface area contributed by atoms with Crippen LogP contribution in [0.1, 0.15) is 18.4 Å². The topological polar surface area (TPSA) is 122 Å². The summed E-state index contributed by atoms with van der Waals surface area (Å²) >= 11 is 0. The molecule has 0 aliphatic carbocycles. The number of carboxylic acid groups (broad SMARTS) is 1. The van der Waals surface area contributed by atoms with Crippen LogP contribution in [0.5, 0.6) is 0 Å². The van der Waals surface area contributed by atoms with Gasteiger partial charge in [0.2, 0.25) is 15.9 Å². The van der Waals surface area contributed by atoms with E-state index >= 15 is 0 Å². The number of amides is 1. The molecule has 0 radical (unpaired) electrons. The minimum absolute atomic E-state index is 0.135. The van der Waals surface area contributed by atoms with Crippen molar-refractivity contribution >= 4 is 33.7 Å². The Morgan fingerprint density at radius 1 is 1.28 bits per heavy atom. The molecule has 9 heteroatoms. The molecule has 1 atom stereocenters. The summed E-state index contributed by atoms with van der Waals surface area (Å²) in [5, 5.41) is 11.0. The van der Waals surface area contributed by atoms with E-state index in [1.807, 2.05) is 0 Å². The average Bonchev–Trinajstić information content (AvgIpc) is 3.05. The molecule has 0 aromatic heterocycles. The van der Waals surface area contributed by atoms with Crippen molar-refractivity contribution in [2.24, 2.45) is 0 Å². The SMILES string of the molecule is O=C(O)C=Cc1ccc(NC(=O)CS(=O)(=O)NCC2CCCO2)cc1. The number of benzene rings is 1. The Balaban J connectivity index is 1.83. The summed E-state index contributed by atoms with van der Waals surface area (Å²) in [7, 11) is -3.73. The third kappa shape index (κ3) is 7.04. The summed E-state index contributed by atoms with van der Waals surface area (Å²) in [4.78, 5) is 22.3. The fourth-order valence-electron chi connectivity index (χ4n) is 2.29. The zero-order chi connectivity index (χ0) is 18.3. The molecule has 136 valence electrons. The van der Waals surface area contributed by atoms with Gasteiger partial charge in [0.25, 0.3) is 0 Å². The van der Waals surface area contributed by atoms with Crippen molar-refractivity contribution in [1.82, 2.24) is 4.72 Å². The van der Waals surface area contributed by atoms with Crippen LogP contribution < -0.4 is 10.0 Å². The molecule has 1 fully saturated rings. The fourth-order valence-corrected chi connectivity index (χ4v) is 3.25. The van der Waals surface area contributed by atoms with Crippen LogP contribution in [0, 0.1) is 0 Å². The first kappa shape index (κ1) is 19.1. The molecule has 25 heavy (non-hydrogen) atoms. The van der Waals surface area contributed by atoms with Gasteiger partial charge in [-0.05, 0) is 36.6 Å². The van der Waals surface area contributed by atoms with E-state index in [9.17, 15) is 18.0 Å². The van der Waals surface area contributed by atoms with Gasteiger partial charge in [0, 0.05) is 24.9 Å². The molecule has 1 saturated heterocycles. The fraction of sp³-hybridized carbons (Fsp3) is 0.375. The molecule has 1 aromatic carbocycles. The summed E-state index contributed by atoms with van der Waals surface area (Å²) in [6, 6.07) is 6.34. The highest BCUT2D eigenvalue weighted by molar-refractivity contribution is 7.90. The maximum Gasteiger partial charge on any atom is 0.328 e. The van der Waals surface area contributed by atoms with Gasteiger partial charge in [-0.2, -0.15) is 0 Å². The Labute approximate surface area is 145 Å². The lowest BCUT2D eigenvalue weighted by molar-refractivity contribution is -0.131. The molecule has 8 nitrogen and oxygen atoms in total. The quantitative estimate of drug-likeness (QED) is 0.584. The normalized spacial score (nSPS) is 17.7. The summed E-state index contributed by atoms with van der Waals surface area (Å²) in [5.41, 5.74) is 1.07. The maximum absolute atomic E-state index is 11.9. The van der Waals surface area contributed by atoms with Gasteiger partial charge in [0.05, 0.1) is 6.10 Å².